The molecule has 1 N–H and O–H groups in total. The standard InChI is InChI=1S/C18H24FN3O/c1-4-22-12-16(14(3)21-22)7-10-18(23)20-11-13(2)15-5-8-17(19)9-6-15/h5-6,8-9,12-13H,4,7,10-11H2,1-3H3,(H,20,23). The van der Waals surface area contributed by atoms with Crippen LogP contribution in [0.4, 0.5) is 4.39 Å². The van der Waals surface area contributed by atoms with Crippen molar-refractivity contribution in [1.29, 1.82) is 0 Å². The number of halogens is 1. The number of nitrogens with one attached hydrogen (secondary N) is 1. The van der Waals surface area contributed by atoms with Crippen molar-refractivity contribution in [2.45, 2.75) is 46.1 Å². The molecule has 1 aromatic heterocycles. The van der Waals surface area contributed by atoms with Gasteiger partial charge < -0.3 is 5.32 Å². The number of benzene rings is 1. The molecule has 0 saturated heterocycles. The second-order valence-corrected chi connectivity index (χ2v) is 5.85. The molecule has 0 spiro atoms. The Morgan fingerprint density at radius 3 is 2.65 bits per heavy atom. The summed E-state index contributed by atoms with van der Waals surface area (Å²) in [6.45, 7) is 7.42. The van der Waals surface area contributed by atoms with E-state index in [1.807, 2.05) is 31.6 Å². The number of amides is 1. The molecule has 1 unspecified atom stereocenters. The van der Waals surface area contributed by atoms with Gasteiger partial charge in [0, 0.05) is 25.7 Å². The quantitative estimate of drug-likeness (QED) is 0.852. The normalized spacial score (nSPS) is 12.2. The summed E-state index contributed by atoms with van der Waals surface area (Å²) in [5.41, 5.74) is 3.12. The van der Waals surface area contributed by atoms with Crippen molar-refractivity contribution < 1.29 is 9.18 Å². The zero-order valence-corrected chi connectivity index (χ0v) is 14.0. The van der Waals surface area contributed by atoms with Crippen molar-refractivity contribution in [3.8, 4) is 0 Å². The fraction of sp³-hybridized carbons (Fsp3) is 0.444. The first kappa shape index (κ1) is 17.2. The second kappa shape index (κ2) is 7.90. The highest BCUT2D eigenvalue weighted by Crippen LogP contribution is 2.15. The number of carbonyl (C=O) groups is 1. The van der Waals surface area contributed by atoms with Gasteiger partial charge in [-0.05, 0) is 49.4 Å². The van der Waals surface area contributed by atoms with Crippen molar-refractivity contribution in [3.05, 3.63) is 53.1 Å². The minimum absolute atomic E-state index is 0.0302. The molecule has 124 valence electrons. The molecule has 1 amide bonds. The lowest BCUT2D eigenvalue weighted by molar-refractivity contribution is -0.121. The third-order valence-corrected chi connectivity index (χ3v) is 4.04. The smallest absolute Gasteiger partial charge is 0.220 e. The van der Waals surface area contributed by atoms with E-state index in [1.165, 1.54) is 12.1 Å². The average molecular weight is 317 g/mol. The van der Waals surface area contributed by atoms with Crippen molar-refractivity contribution in [2.75, 3.05) is 6.54 Å². The summed E-state index contributed by atoms with van der Waals surface area (Å²) < 4.78 is 14.8. The van der Waals surface area contributed by atoms with Gasteiger partial charge in [0.2, 0.25) is 5.91 Å². The Hall–Kier alpha value is -2.17. The maximum absolute atomic E-state index is 12.9. The van der Waals surface area contributed by atoms with Crippen molar-refractivity contribution >= 4 is 5.91 Å². The van der Waals surface area contributed by atoms with Gasteiger partial charge in [0.05, 0.1) is 5.69 Å². The topological polar surface area (TPSA) is 46.9 Å². The molecule has 0 saturated carbocycles. The third kappa shape index (κ3) is 4.91. The van der Waals surface area contributed by atoms with Gasteiger partial charge >= 0.3 is 0 Å². The predicted octanol–water partition coefficient (Wildman–Crippen LogP) is 3.20. The first-order valence-corrected chi connectivity index (χ1v) is 8.04. The fourth-order valence-electron chi connectivity index (χ4n) is 2.48. The van der Waals surface area contributed by atoms with Crippen LogP contribution in [0.25, 0.3) is 0 Å². The number of hydrogen-bond acceptors (Lipinski definition) is 2. The Morgan fingerprint density at radius 2 is 2.04 bits per heavy atom. The first-order chi connectivity index (χ1) is 11.0. The van der Waals surface area contributed by atoms with Gasteiger partial charge in [0.25, 0.3) is 0 Å². The van der Waals surface area contributed by atoms with E-state index < -0.39 is 0 Å². The van der Waals surface area contributed by atoms with Crippen LogP contribution < -0.4 is 5.32 Å². The number of carbonyl (C=O) groups excluding carboxylic acids is 1. The molecule has 4 nitrogen and oxygen atoms in total. The van der Waals surface area contributed by atoms with Crippen LogP contribution in [0.15, 0.2) is 30.5 Å². The highest BCUT2D eigenvalue weighted by atomic mass is 19.1. The lowest BCUT2D eigenvalue weighted by atomic mass is 10.0. The van der Waals surface area contributed by atoms with Crippen LogP contribution in [0, 0.1) is 12.7 Å². The van der Waals surface area contributed by atoms with Crippen LogP contribution in [-0.2, 0) is 17.8 Å². The summed E-state index contributed by atoms with van der Waals surface area (Å²) in [6, 6.07) is 6.41. The molecule has 2 aromatic rings. The van der Waals surface area contributed by atoms with Gasteiger partial charge in [0.1, 0.15) is 5.82 Å². The number of aryl methyl sites for hydroxylation is 3. The Morgan fingerprint density at radius 1 is 1.35 bits per heavy atom. The molecule has 0 bridgehead atoms. The van der Waals surface area contributed by atoms with Crippen LogP contribution in [0.5, 0.6) is 0 Å². The van der Waals surface area contributed by atoms with Crippen LogP contribution in [-0.4, -0.2) is 22.2 Å². The van der Waals surface area contributed by atoms with E-state index in [4.69, 9.17) is 0 Å². The minimum Gasteiger partial charge on any atom is -0.355 e. The highest BCUT2D eigenvalue weighted by Gasteiger charge is 2.10. The van der Waals surface area contributed by atoms with Crippen molar-refractivity contribution in [2.24, 2.45) is 0 Å². The molecule has 0 aliphatic heterocycles. The van der Waals surface area contributed by atoms with Crippen LogP contribution in [0.1, 0.15) is 43.0 Å². The van der Waals surface area contributed by atoms with Crippen LogP contribution >= 0.6 is 0 Å². The molecule has 5 heteroatoms. The van der Waals surface area contributed by atoms with Gasteiger partial charge in [-0.25, -0.2) is 4.39 Å². The van der Waals surface area contributed by atoms with E-state index in [2.05, 4.69) is 10.4 Å². The lowest BCUT2D eigenvalue weighted by Crippen LogP contribution is -2.27. The SMILES string of the molecule is CCn1cc(CCC(=O)NCC(C)c2ccc(F)cc2)c(C)n1. The van der Waals surface area contributed by atoms with Crippen LogP contribution in [0.3, 0.4) is 0 Å². The summed E-state index contributed by atoms with van der Waals surface area (Å²) in [4.78, 5) is 12.0. The lowest BCUT2D eigenvalue weighted by Gasteiger charge is -2.13. The zero-order valence-electron chi connectivity index (χ0n) is 14.0. The summed E-state index contributed by atoms with van der Waals surface area (Å²) in [5.74, 6) is -0.0558. The minimum atomic E-state index is -0.243. The molecule has 1 atom stereocenters. The molecule has 1 heterocycles. The summed E-state index contributed by atoms with van der Waals surface area (Å²) in [6.07, 6.45) is 3.15. The molecule has 0 aliphatic rings. The van der Waals surface area contributed by atoms with Crippen molar-refractivity contribution in [3.63, 3.8) is 0 Å². The molecular formula is C18H24FN3O. The zero-order chi connectivity index (χ0) is 16.8. The van der Waals surface area contributed by atoms with Gasteiger partial charge in [-0.1, -0.05) is 19.1 Å². The largest absolute Gasteiger partial charge is 0.355 e. The molecule has 1 aromatic carbocycles. The van der Waals surface area contributed by atoms with E-state index in [0.717, 1.165) is 23.4 Å². The van der Waals surface area contributed by atoms with E-state index in [0.29, 0.717) is 19.4 Å². The maximum atomic E-state index is 12.9. The van der Waals surface area contributed by atoms with Gasteiger partial charge in [-0.3, -0.25) is 9.48 Å². The fourth-order valence-corrected chi connectivity index (χ4v) is 2.48. The maximum Gasteiger partial charge on any atom is 0.220 e. The Labute approximate surface area is 136 Å². The molecule has 23 heavy (non-hydrogen) atoms. The van der Waals surface area contributed by atoms with E-state index in [1.54, 1.807) is 12.1 Å². The van der Waals surface area contributed by atoms with E-state index >= 15 is 0 Å². The number of nitrogens with zero attached hydrogens (tertiary/aromatic N) is 2. The number of rotatable bonds is 7. The molecule has 0 radical (unpaired) electrons. The average Bonchev–Trinajstić information content (AvgIpc) is 2.91. The van der Waals surface area contributed by atoms with Gasteiger partial charge in [-0.15, -0.1) is 0 Å². The monoisotopic (exact) mass is 317 g/mol. The van der Waals surface area contributed by atoms with Gasteiger partial charge in [-0.2, -0.15) is 5.10 Å². The van der Waals surface area contributed by atoms with E-state index in [-0.39, 0.29) is 17.6 Å². The first-order valence-electron chi connectivity index (χ1n) is 8.04. The van der Waals surface area contributed by atoms with Gasteiger partial charge in [0.15, 0.2) is 0 Å². The molecular weight excluding hydrogens is 293 g/mol. The predicted molar refractivity (Wildman–Crippen MR) is 88.8 cm³/mol. The third-order valence-electron chi connectivity index (χ3n) is 4.04. The molecule has 2 rings (SSSR count). The molecule has 0 aliphatic carbocycles. The second-order valence-electron chi connectivity index (χ2n) is 5.85. The van der Waals surface area contributed by atoms with Crippen LogP contribution in [0.2, 0.25) is 0 Å². The van der Waals surface area contributed by atoms with E-state index in [9.17, 15) is 9.18 Å². The number of aromatic nitrogens is 2. The summed E-state index contributed by atoms with van der Waals surface area (Å²) >= 11 is 0. The summed E-state index contributed by atoms with van der Waals surface area (Å²) in [7, 11) is 0. The highest BCUT2D eigenvalue weighted by molar-refractivity contribution is 5.76. The molecule has 0 fully saturated rings. The van der Waals surface area contributed by atoms with Crippen molar-refractivity contribution in [1.82, 2.24) is 15.1 Å². The number of hydrogen-bond donors (Lipinski definition) is 1. The Kier molecular flexibility index (Phi) is 5.90. The summed E-state index contributed by atoms with van der Waals surface area (Å²) in [5, 5.41) is 7.33. The Balaban J connectivity index is 1.78. The Bertz CT molecular complexity index is 649.